The fourth-order valence-corrected chi connectivity index (χ4v) is 4.29. The molecule has 0 saturated heterocycles. The van der Waals surface area contributed by atoms with Gasteiger partial charge < -0.3 is 20.2 Å². The van der Waals surface area contributed by atoms with Crippen molar-refractivity contribution in [2.45, 2.75) is 38.6 Å². The minimum Gasteiger partial charge on any atom is -0.477 e. The number of aromatic amines is 1. The Morgan fingerprint density at radius 1 is 1.26 bits per heavy atom. The zero-order chi connectivity index (χ0) is 27.1. The first-order valence-electron chi connectivity index (χ1n) is 11.6. The standard InChI is InChI=1S/C19H16F4N6O2.C4H6FNO/c1-28-8-10(17(27-28)31-19(22)23)11-9-4-2-5-24-16(9)25-13(11)12-14(15(20)21)26-29-6-3-7-30-18(12)29;5-3-1-2(3)4(6)7/h2,4-5,8,15,19H,3,6-7H2,1H3,(H,24,25);2-3H,1H2,(H2,6,7). The summed E-state index contributed by atoms with van der Waals surface area (Å²) in [6.45, 7) is -2.33. The van der Waals surface area contributed by atoms with Crippen molar-refractivity contribution in [1.29, 1.82) is 0 Å². The van der Waals surface area contributed by atoms with Gasteiger partial charge in [-0.05, 0) is 18.6 Å². The first kappa shape index (κ1) is 25.5. The zero-order valence-corrected chi connectivity index (χ0v) is 19.9. The van der Waals surface area contributed by atoms with E-state index in [1.54, 1.807) is 19.2 Å². The minimum atomic E-state index is -3.11. The van der Waals surface area contributed by atoms with Crippen LogP contribution in [-0.2, 0) is 18.4 Å². The van der Waals surface area contributed by atoms with Crippen molar-refractivity contribution in [3.05, 3.63) is 30.2 Å². The van der Waals surface area contributed by atoms with Gasteiger partial charge in [-0.2, -0.15) is 13.9 Å². The van der Waals surface area contributed by atoms with E-state index in [0.717, 1.165) is 0 Å². The molecule has 6 rings (SSSR count). The number of H-pyrrole nitrogens is 1. The highest BCUT2D eigenvalue weighted by molar-refractivity contribution is 6.04. The van der Waals surface area contributed by atoms with Crippen molar-refractivity contribution in [2.24, 2.45) is 18.7 Å². The van der Waals surface area contributed by atoms with E-state index in [4.69, 9.17) is 10.5 Å². The summed E-state index contributed by atoms with van der Waals surface area (Å²) in [7, 11) is 1.55. The van der Waals surface area contributed by atoms with Gasteiger partial charge in [-0.1, -0.05) is 0 Å². The van der Waals surface area contributed by atoms with Crippen LogP contribution in [0.2, 0.25) is 0 Å². The molecule has 1 aliphatic carbocycles. The van der Waals surface area contributed by atoms with Gasteiger partial charge in [0.1, 0.15) is 17.5 Å². The fourth-order valence-electron chi connectivity index (χ4n) is 4.29. The summed E-state index contributed by atoms with van der Waals surface area (Å²) in [6.07, 6.45) is 0.175. The SMILES string of the molecule is Cn1cc(-c2c(-c3c(C(F)F)nn4c3OCCC4)[nH]c3ncccc23)c(OC(F)F)n1.NC(=O)C1CC1F. The molecule has 0 spiro atoms. The van der Waals surface area contributed by atoms with Crippen LogP contribution in [0.1, 0.15) is 25.0 Å². The molecular weight excluding hydrogens is 517 g/mol. The lowest BCUT2D eigenvalue weighted by molar-refractivity contribution is -0.119. The van der Waals surface area contributed by atoms with Crippen LogP contribution in [0.4, 0.5) is 22.0 Å². The lowest BCUT2D eigenvalue weighted by atomic mass is 10.0. The number of fused-ring (bicyclic) bond motifs is 2. The maximum atomic E-state index is 13.9. The third-order valence-corrected chi connectivity index (χ3v) is 6.06. The number of hydrogen-bond acceptors (Lipinski definition) is 6. The molecule has 1 amide bonds. The third-order valence-electron chi connectivity index (χ3n) is 6.06. The molecule has 1 saturated carbocycles. The lowest BCUT2D eigenvalue weighted by Gasteiger charge is -2.16. The maximum Gasteiger partial charge on any atom is 0.388 e. The Morgan fingerprint density at radius 2 is 2.03 bits per heavy atom. The van der Waals surface area contributed by atoms with E-state index in [9.17, 15) is 26.7 Å². The normalized spacial score (nSPS) is 18.2. The Labute approximate surface area is 211 Å². The largest absolute Gasteiger partial charge is 0.477 e. The van der Waals surface area contributed by atoms with E-state index in [0.29, 0.717) is 42.6 Å². The first-order chi connectivity index (χ1) is 18.2. The maximum absolute atomic E-state index is 13.9. The third kappa shape index (κ3) is 4.75. The number of nitrogens with two attached hydrogens (primary N) is 1. The Hall–Kier alpha value is -4.17. The average Bonchev–Trinajstić information content (AvgIpc) is 3.18. The van der Waals surface area contributed by atoms with Crippen molar-refractivity contribution < 1.29 is 36.2 Å². The highest BCUT2D eigenvalue weighted by Gasteiger charge is 2.42. The molecule has 2 atom stereocenters. The summed E-state index contributed by atoms with van der Waals surface area (Å²) < 4.78 is 78.6. The quantitative estimate of drug-likeness (QED) is 0.357. The molecule has 5 heterocycles. The number of halogens is 5. The van der Waals surface area contributed by atoms with E-state index in [-0.39, 0.29) is 28.6 Å². The van der Waals surface area contributed by atoms with E-state index >= 15 is 0 Å². The molecule has 15 heteroatoms. The first-order valence-corrected chi connectivity index (χ1v) is 11.6. The lowest BCUT2D eigenvalue weighted by Crippen LogP contribution is -2.15. The fraction of sp³-hybridized carbons (Fsp3) is 0.391. The summed E-state index contributed by atoms with van der Waals surface area (Å²) in [4.78, 5) is 17.3. The van der Waals surface area contributed by atoms with Gasteiger partial charge in [0.2, 0.25) is 17.7 Å². The number of nitrogens with one attached hydrogen (secondary N) is 1. The Bertz CT molecular complexity index is 1480. The molecule has 202 valence electrons. The van der Waals surface area contributed by atoms with Gasteiger partial charge in [0.25, 0.3) is 6.43 Å². The molecule has 0 bridgehead atoms. The number of hydrogen-bond donors (Lipinski definition) is 2. The molecule has 4 aromatic rings. The smallest absolute Gasteiger partial charge is 0.388 e. The van der Waals surface area contributed by atoms with Gasteiger partial charge >= 0.3 is 6.61 Å². The summed E-state index contributed by atoms with van der Waals surface area (Å²) in [6, 6.07) is 3.36. The zero-order valence-electron chi connectivity index (χ0n) is 19.9. The summed E-state index contributed by atoms with van der Waals surface area (Å²) in [5.41, 5.74) is 5.46. The predicted molar refractivity (Wildman–Crippen MR) is 123 cm³/mol. The van der Waals surface area contributed by atoms with Crippen molar-refractivity contribution in [2.75, 3.05) is 6.61 Å². The molecule has 3 N–H and O–H groups in total. The number of amides is 1. The van der Waals surface area contributed by atoms with Crippen LogP contribution >= 0.6 is 0 Å². The molecular formula is C23H22F5N7O3. The van der Waals surface area contributed by atoms with Crippen LogP contribution < -0.4 is 15.2 Å². The van der Waals surface area contributed by atoms with Crippen molar-refractivity contribution in [3.63, 3.8) is 0 Å². The molecule has 1 fully saturated rings. The van der Waals surface area contributed by atoms with E-state index in [1.165, 1.54) is 21.8 Å². The minimum absolute atomic E-state index is 0.0644. The number of rotatable bonds is 6. The van der Waals surface area contributed by atoms with Crippen LogP contribution in [0, 0.1) is 5.92 Å². The van der Waals surface area contributed by atoms with Gasteiger partial charge in [0, 0.05) is 43.4 Å². The van der Waals surface area contributed by atoms with E-state index in [1.807, 2.05) is 0 Å². The molecule has 1 aliphatic heterocycles. The number of nitrogens with zero attached hydrogens (tertiary/aromatic N) is 5. The molecule has 2 unspecified atom stereocenters. The number of primary amides is 1. The van der Waals surface area contributed by atoms with Gasteiger partial charge in [-0.3, -0.25) is 9.48 Å². The number of aromatic nitrogens is 6. The number of aryl methyl sites for hydroxylation is 2. The van der Waals surface area contributed by atoms with Crippen molar-refractivity contribution in [1.82, 2.24) is 29.5 Å². The topological polar surface area (TPSA) is 126 Å². The molecule has 2 aliphatic rings. The Balaban J connectivity index is 0.000000366. The van der Waals surface area contributed by atoms with Gasteiger partial charge in [-0.15, -0.1) is 5.10 Å². The van der Waals surface area contributed by atoms with Gasteiger partial charge in [-0.25, -0.2) is 22.8 Å². The highest BCUT2D eigenvalue weighted by atomic mass is 19.3. The second-order valence-electron chi connectivity index (χ2n) is 8.73. The second-order valence-corrected chi connectivity index (χ2v) is 8.73. The monoisotopic (exact) mass is 539 g/mol. The Morgan fingerprint density at radius 3 is 2.66 bits per heavy atom. The van der Waals surface area contributed by atoms with E-state index in [2.05, 4.69) is 24.9 Å². The molecule has 10 nitrogen and oxygen atoms in total. The molecule has 0 radical (unpaired) electrons. The predicted octanol–water partition coefficient (Wildman–Crippen LogP) is 3.98. The molecule has 4 aromatic heterocycles. The van der Waals surface area contributed by atoms with Gasteiger partial charge in [0.15, 0.2) is 0 Å². The number of carbonyl (C=O) groups is 1. The van der Waals surface area contributed by atoms with Gasteiger partial charge in [0.05, 0.1) is 29.3 Å². The van der Waals surface area contributed by atoms with Crippen LogP contribution in [0.25, 0.3) is 33.4 Å². The van der Waals surface area contributed by atoms with Crippen LogP contribution in [0.3, 0.4) is 0 Å². The van der Waals surface area contributed by atoms with Crippen LogP contribution in [-0.4, -0.2) is 54.8 Å². The second kappa shape index (κ2) is 9.95. The Kier molecular flexibility index (Phi) is 6.67. The highest BCUT2D eigenvalue weighted by Crippen LogP contribution is 2.47. The summed E-state index contributed by atoms with van der Waals surface area (Å²) in [5.74, 6) is -1.11. The summed E-state index contributed by atoms with van der Waals surface area (Å²) in [5, 5.41) is 8.53. The number of carbonyl (C=O) groups excluding carboxylic acids is 1. The van der Waals surface area contributed by atoms with Crippen LogP contribution in [0.5, 0.6) is 11.8 Å². The number of ether oxygens (including phenoxy) is 2. The number of pyridine rings is 1. The molecule has 38 heavy (non-hydrogen) atoms. The number of alkyl halides is 5. The van der Waals surface area contributed by atoms with Crippen molar-refractivity contribution in [3.8, 4) is 34.1 Å². The van der Waals surface area contributed by atoms with E-state index < -0.39 is 36.7 Å². The molecule has 0 aromatic carbocycles. The average molecular weight is 539 g/mol. The summed E-state index contributed by atoms with van der Waals surface area (Å²) >= 11 is 0. The van der Waals surface area contributed by atoms with Crippen LogP contribution in [0.15, 0.2) is 24.5 Å². The van der Waals surface area contributed by atoms with Crippen molar-refractivity contribution >= 4 is 16.9 Å².